The molecule has 1 amide bonds. The van der Waals surface area contributed by atoms with E-state index in [-0.39, 0.29) is 11.3 Å². The Labute approximate surface area is 169 Å². The van der Waals surface area contributed by atoms with Gasteiger partial charge in [0.15, 0.2) is 0 Å². The van der Waals surface area contributed by atoms with Gasteiger partial charge in [-0.15, -0.1) is 0 Å². The summed E-state index contributed by atoms with van der Waals surface area (Å²) in [6.45, 7) is 3.03. The van der Waals surface area contributed by atoms with Gasteiger partial charge in [-0.1, -0.05) is 53.6 Å². The molecule has 28 heavy (non-hydrogen) atoms. The number of amides is 1. The lowest BCUT2D eigenvalue weighted by Gasteiger charge is -2.25. The molecular formula is C22H24ClN2O3+. The number of benzene rings is 2. The minimum atomic E-state index is -0.660. The Morgan fingerprint density at radius 3 is 2.25 bits per heavy atom. The first-order valence-corrected chi connectivity index (χ1v) is 9.57. The van der Waals surface area contributed by atoms with Crippen LogP contribution in [0, 0.1) is 6.92 Å². The second kappa shape index (κ2) is 8.17. The van der Waals surface area contributed by atoms with Gasteiger partial charge in [0.1, 0.15) is 5.76 Å². The highest BCUT2D eigenvalue weighted by Crippen LogP contribution is 2.39. The van der Waals surface area contributed by atoms with E-state index in [9.17, 15) is 14.7 Å². The van der Waals surface area contributed by atoms with Crippen molar-refractivity contribution in [2.75, 3.05) is 27.2 Å². The van der Waals surface area contributed by atoms with Gasteiger partial charge in [0.2, 0.25) is 0 Å². The summed E-state index contributed by atoms with van der Waals surface area (Å²) >= 11 is 6.01. The van der Waals surface area contributed by atoms with Gasteiger partial charge in [-0.05, 0) is 24.6 Å². The first-order valence-electron chi connectivity index (χ1n) is 9.19. The molecule has 0 aromatic heterocycles. The average molecular weight is 400 g/mol. The summed E-state index contributed by atoms with van der Waals surface area (Å²) in [5.41, 5.74) is 2.41. The Balaban J connectivity index is 2.13. The maximum absolute atomic E-state index is 12.9. The average Bonchev–Trinajstić information content (AvgIpc) is 2.91. The van der Waals surface area contributed by atoms with Gasteiger partial charge in [0.05, 0.1) is 38.8 Å². The van der Waals surface area contributed by atoms with Crippen molar-refractivity contribution in [1.82, 2.24) is 4.90 Å². The zero-order valence-electron chi connectivity index (χ0n) is 16.2. The molecule has 0 unspecified atom stereocenters. The molecule has 1 heterocycles. The SMILES string of the molecule is Cc1ccc(C(O)=C2C(=O)C(=O)N(CC[NH+](C)C)[C@@H]2c2ccc(Cl)cc2)cc1. The number of Topliss-reactive ketones (excluding diaryl/α,β-unsaturated/α-hetero) is 1. The summed E-state index contributed by atoms with van der Waals surface area (Å²) in [5, 5.41) is 11.5. The largest absolute Gasteiger partial charge is 0.507 e. The van der Waals surface area contributed by atoms with Crippen molar-refractivity contribution < 1.29 is 19.6 Å². The number of hydrogen-bond donors (Lipinski definition) is 2. The topological polar surface area (TPSA) is 62.0 Å². The van der Waals surface area contributed by atoms with Crippen molar-refractivity contribution in [1.29, 1.82) is 0 Å². The van der Waals surface area contributed by atoms with Crippen LogP contribution in [-0.4, -0.2) is 48.9 Å². The monoisotopic (exact) mass is 399 g/mol. The molecular weight excluding hydrogens is 376 g/mol. The van der Waals surface area contributed by atoms with Gasteiger partial charge in [-0.3, -0.25) is 9.59 Å². The van der Waals surface area contributed by atoms with E-state index < -0.39 is 17.7 Å². The smallest absolute Gasteiger partial charge is 0.295 e. The number of ketones is 1. The van der Waals surface area contributed by atoms with Gasteiger partial charge >= 0.3 is 0 Å². The molecule has 3 rings (SSSR count). The number of hydrogen-bond acceptors (Lipinski definition) is 3. The van der Waals surface area contributed by atoms with Gasteiger partial charge in [-0.2, -0.15) is 0 Å². The van der Waals surface area contributed by atoms with Crippen molar-refractivity contribution in [3.05, 3.63) is 75.8 Å². The number of carbonyl (C=O) groups is 2. The van der Waals surface area contributed by atoms with Crippen LogP contribution in [0.2, 0.25) is 5.02 Å². The highest BCUT2D eigenvalue weighted by Gasteiger charge is 2.46. The van der Waals surface area contributed by atoms with Crippen molar-refractivity contribution in [2.24, 2.45) is 0 Å². The standard InChI is InChI=1S/C22H23ClN2O3/c1-14-4-6-16(7-5-14)20(26)18-19(15-8-10-17(23)11-9-15)25(13-12-24(2)3)22(28)21(18)27/h4-11,19,26H,12-13H2,1-3H3/p+1/t19-/m1/s1. The second-order valence-corrected chi connectivity index (χ2v) is 7.80. The second-order valence-electron chi connectivity index (χ2n) is 7.37. The van der Waals surface area contributed by atoms with Crippen LogP contribution in [0.15, 0.2) is 54.1 Å². The normalized spacial score (nSPS) is 18.9. The number of likely N-dealkylation sites (tertiary alicyclic amines) is 1. The maximum Gasteiger partial charge on any atom is 0.295 e. The summed E-state index contributed by atoms with van der Waals surface area (Å²) in [7, 11) is 3.97. The number of carbonyl (C=O) groups excluding carboxylic acids is 2. The molecule has 0 spiro atoms. The Bertz CT molecular complexity index is 918. The Kier molecular flexibility index (Phi) is 5.87. The number of quaternary nitrogens is 1. The van der Waals surface area contributed by atoms with Crippen LogP contribution >= 0.6 is 11.6 Å². The fourth-order valence-electron chi connectivity index (χ4n) is 3.31. The van der Waals surface area contributed by atoms with Crippen LogP contribution in [0.5, 0.6) is 0 Å². The van der Waals surface area contributed by atoms with Gasteiger partial charge in [0.25, 0.3) is 11.7 Å². The van der Waals surface area contributed by atoms with Crippen molar-refractivity contribution in [3.8, 4) is 0 Å². The summed E-state index contributed by atoms with van der Waals surface area (Å²) in [4.78, 5) is 28.3. The van der Waals surface area contributed by atoms with Gasteiger partial charge in [-0.25, -0.2) is 0 Å². The van der Waals surface area contributed by atoms with Crippen molar-refractivity contribution in [3.63, 3.8) is 0 Å². The fourth-order valence-corrected chi connectivity index (χ4v) is 3.44. The molecule has 1 atom stereocenters. The van der Waals surface area contributed by atoms with E-state index in [1.54, 1.807) is 36.4 Å². The molecule has 146 valence electrons. The number of aliphatic hydroxyl groups excluding tert-OH is 1. The molecule has 2 N–H and O–H groups in total. The summed E-state index contributed by atoms with van der Waals surface area (Å²) in [5.74, 6) is -1.40. The van der Waals surface area contributed by atoms with Gasteiger partial charge < -0.3 is 14.9 Å². The lowest BCUT2D eigenvalue weighted by Crippen LogP contribution is -3.06. The molecule has 0 bridgehead atoms. The number of likely N-dealkylation sites (N-methyl/N-ethyl adjacent to an activating group) is 1. The van der Waals surface area contributed by atoms with Crippen LogP contribution in [0.1, 0.15) is 22.7 Å². The third-order valence-corrected chi connectivity index (χ3v) is 5.16. The highest BCUT2D eigenvalue weighted by molar-refractivity contribution is 6.46. The first kappa shape index (κ1) is 20.1. The molecule has 2 aromatic carbocycles. The minimum Gasteiger partial charge on any atom is -0.507 e. The van der Waals surface area contributed by atoms with Crippen molar-refractivity contribution in [2.45, 2.75) is 13.0 Å². The Morgan fingerprint density at radius 1 is 1.07 bits per heavy atom. The fraction of sp³-hybridized carbons (Fsp3) is 0.273. The molecule has 1 saturated heterocycles. The quantitative estimate of drug-likeness (QED) is 0.460. The maximum atomic E-state index is 12.9. The summed E-state index contributed by atoms with van der Waals surface area (Å²) < 4.78 is 0. The molecule has 0 aliphatic carbocycles. The zero-order valence-corrected chi connectivity index (χ0v) is 17.0. The van der Waals surface area contributed by atoms with E-state index in [0.717, 1.165) is 16.0 Å². The minimum absolute atomic E-state index is 0.116. The van der Waals surface area contributed by atoms with Crippen molar-refractivity contribution >= 4 is 29.1 Å². The predicted octanol–water partition coefficient (Wildman–Crippen LogP) is 2.21. The third kappa shape index (κ3) is 3.96. The van der Waals surface area contributed by atoms with E-state index >= 15 is 0 Å². The lowest BCUT2D eigenvalue weighted by molar-refractivity contribution is -0.857. The Morgan fingerprint density at radius 2 is 1.68 bits per heavy atom. The first-order chi connectivity index (χ1) is 13.3. The molecule has 0 saturated carbocycles. The number of rotatable bonds is 5. The molecule has 6 heteroatoms. The van der Waals surface area contributed by atoms with Crippen LogP contribution in [0.25, 0.3) is 5.76 Å². The van der Waals surface area contributed by atoms with Crippen LogP contribution < -0.4 is 4.90 Å². The molecule has 1 fully saturated rings. The number of halogens is 1. The summed E-state index contributed by atoms with van der Waals surface area (Å²) in [6.07, 6.45) is 0. The lowest BCUT2D eigenvalue weighted by atomic mass is 9.95. The van der Waals surface area contributed by atoms with Crippen LogP contribution in [0.3, 0.4) is 0 Å². The van der Waals surface area contributed by atoms with E-state index in [4.69, 9.17) is 11.6 Å². The molecule has 1 aliphatic heterocycles. The number of aliphatic hydroxyl groups is 1. The molecule has 1 aliphatic rings. The Hall–Kier alpha value is -2.63. The highest BCUT2D eigenvalue weighted by atomic mass is 35.5. The number of aryl methyl sites for hydroxylation is 1. The van der Waals surface area contributed by atoms with Crippen LogP contribution in [-0.2, 0) is 9.59 Å². The van der Waals surface area contributed by atoms with E-state index in [2.05, 4.69) is 0 Å². The van der Waals surface area contributed by atoms with Gasteiger partial charge in [0, 0.05) is 10.6 Å². The van der Waals surface area contributed by atoms with E-state index in [1.165, 1.54) is 4.90 Å². The van der Waals surface area contributed by atoms with E-state index in [0.29, 0.717) is 23.7 Å². The molecule has 5 nitrogen and oxygen atoms in total. The summed E-state index contributed by atoms with van der Waals surface area (Å²) in [6, 6.07) is 13.6. The third-order valence-electron chi connectivity index (χ3n) is 4.90. The zero-order chi connectivity index (χ0) is 20.4. The number of nitrogens with one attached hydrogen (secondary N) is 1. The number of nitrogens with zero attached hydrogens (tertiary/aromatic N) is 1. The van der Waals surface area contributed by atoms with E-state index in [1.807, 2.05) is 33.2 Å². The molecule has 0 radical (unpaired) electrons. The predicted molar refractivity (Wildman–Crippen MR) is 109 cm³/mol. The molecule has 2 aromatic rings. The van der Waals surface area contributed by atoms with Crippen LogP contribution in [0.4, 0.5) is 0 Å².